The Bertz CT molecular complexity index is 506. The Morgan fingerprint density at radius 1 is 1.39 bits per heavy atom. The van der Waals surface area contributed by atoms with Crippen molar-refractivity contribution in [3.05, 3.63) is 28.7 Å². The van der Waals surface area contributed by atoms with Gasteiger partial charge in [0.15, 0.2) is 0 Å². The Labute approximate surface area is 120 Å². The number of sulfonamides is 1. The van der Waals surface area contributed by atoms with Crippen LogP contribution in [0.4, 0.5) is 0 Å². The maximum atomic E-state index is 12.5. The minimum atomic E-state index is -3.49. The van der Waals surface area contributed by atoms with E-state index >= 15 is 0 Å². The molecule has 4 nitrogen and oxygen atoms in total. The van der Waals surface area contributed by atoms with Gasteiger partial charge in [-0.3, -0.25) is 0 Å². The maximum absolute atomic E-state index is 12.5. The lowest BCUT2D eigenvalue weighted by Gasteiger charge is -2.33. The van der Waals surface area contributed by atoms with Crippen LogP contribution in [0.5, 0.6) is 0 Å². The van der Waals surface area contributed by atoms with E-state index in [1.165, 1.54) is 4.31 Å². The van der Waals surface area contributed by atoms with Gasteiger partial charge in [-0.15, -0.1) is 11.6 Å². The first-order chi connectivity index (χ1) is 8.55. The van der Waals surface area contributed by atoms with Crippen LogP contribution in [0.1, 0.15) is 0 Å². The second-order valence-corrected chi connectivity index (χ2v) is 7.07. The Kier molecular flexibility index (Phi) is 4.66. The topological polar surface area (TPSA) is 46.6 Å². The van der Waals surface area contributed by atoms with Crippen molar-refractivity contribution in [1.29, 1.82) is 0 Å². The minimum Gasteiger partial charge on any atom is -0.378 e. The number of alkyl halides is 1. The summed E-state index contributed by atoms with van der Waals surface area (Å²) in [5, 5.41) is 0. The molecule has 1 saturated heterocycles. The average Bonchev–Trinajstić information content (AvgIpc) is 2.39. The van der Waals surface area contributed by atoms with Crippen LogP contribution in [0, 0.1) is 0 Å². The van der Waals surface area contributed by atoms with Gasteiger partial charge in [0.05, 0.1) is 24.2 Å². The van der Waals surface area contributed by atoms with Crippen LogP contribution in [0.25, 0.3) is 0 Å². The van der Waals surface area contributed by atoms with E-state index in [4.69, 9.17) is 16.3 Å². The lowest BCUT2D eigenvalue weighted by atomic mass is 10.3. The summed E-state index contributed by atoms with van der Waals surface area (Å²) in [5.41, 5.74) is 0. The zero-order valence-electron chi connectivity index (χ0n) is 9.55. The van der Waals surface area contributed by atoms with E-state index in [-0.39, 0.29) is 16.8 Å². The van der Waals surface area contributed by atoms with Gasteiger partial charge in [0.1, 0.15) is 0 Å². The Hall–Kier alpha value is -0.140. The molecule has 18 heavy (non-hydrogen) atoms. The van der Waals surface area contributed by atoms with Crippen molar-refractivity contribution in [2.75, 3.05) is 25.6 Å². The molecule has 1 fully saturated rings. The number of halogens is 2. The van der Waals surface area contributed by atoms with Gasteiger partial charge in [-0.05, 0) is 24.3 Å². The monoisotopic (exact) mass is 353 g/mol. The summed E-state index contributed by atoms with van der Waals surface area (Å²) in [7, 11) is -3.49. The number of rotatable bonds is 3. The fourth-order valence-corrected chi connectivity index (χ4v) is 4.01. The van der Waals surface area contributed by atoms with Crippen LogP contribution in [0.15, 0.2) is 33.6 Å². The molecule has 0 aliphatic carbocycles. The summed E-state index contributed by atoms with van der Waals surface area (Å²) < 4.78 is 32.5. The molecule has 1 unspecified atom stereocenters. The molecule has 1 atom stereocenters. The van der Waals surface area contributed by atoms with Gasteiger partial charge in [-0.25, -0.2) is 8.42 Å². The Morgan fingerprint density at radius 3 is 2.67 bits per heavy atom. The number of morpholine rings is 1. The predicted octanol–water partition coefficient (Wildman–Crippen LogP) is 2.08. The zero-order valence-corrected chi connectivity index (χ0v) is 12.7. The summed E-state index contributed by atoms with van der Waals surface area (Å²) in [6.07, 6.45) is 0. The SMILES string of the molecule is O=S(=O)(c1ccc(Br)cc1)N1CCOCC1CCl. The highest BCUT2D eigenvalue weighted by atomic mass is 79.9. The van der Waals surface area contributed by atoms with Crippen molar-refractivity contribution in [2.45, 2.75) is 10.9 Å². The van der Waals surface area contributed by atoms with E-state index in [1.54, 1.807) is 24.3 Å². The molecule has 100 valence electrons. The number of benzene rings is 1. The van der Waals surface area contributed by atoms with E-state index in [1.807, 2.05) is 0 Å². The van der Waals surface area contributed by atoms with Crippen LogP contribution >= 0.6 is 27.5 Å². The molecule has 1 aromatic rings. The lowest BCUT2D eigenvalue weighted by molar-refractivity contribution is 0.0404. The van der Waals surface area contributed by atoms with Gasteiger partial charge in [-0.2, -0.15) is 4.31 Å². The molecule has 0 saturated carbocycles. The van der Waals surface area contributed by atoms with Crippen molar-refractivity contribution in [3.63, 3.8) is 0 Å². The summed E-state index contributed by atoms with van der Waals surface area (Å²) in [5.74, 6) is 0.232. The fraction of sp³-hybridized carbons (Fsp3) is 0.455. The molecule has 0 bridgehead atoms. The molecule has 0 radical (unpaired) electrons. The van der Waals surface area contributed by atoms with Crippen molar-refractivity contribution < 1.29 is 13.2 Å². The quantitative estimate of drug-likeness (QED) is 0.781. The van der Waals surface area contributed by atoms with Crippen LogP contribution in [0.3, 0.4) is 0 Å². The van der Waals surface area contributed by atoms with E-state index in [2.05, 4.69) is 15.9 Å². The molecule has 2 rings (SSSR count). The van der Waals surface area contributed by atoms with Crippen LogP contribution in [0.2, 0.25) is 0 Å². The molecular formula is C11H13BrClNO3S. The van der Waals surface area contributed by atoms with Gasteiger partial charge in [0.25, 0.3) is 0 Å². The highest BCUT2D eigenvalue weighted by Gasteiger charge is 2.33. The first-order valence-corrected chi connectivity index (χ1v) is 8.23. The van der Waals surface area contributed by atoms with E-state index in [0.29, 0.717) is 19.8 Å². The highest BCUT2D eigenvalue weighted by molar-refractivity contribution is 9.10. The third-order valence-electron chi connectivity index (χ3n) is 2.77. The summed E-state index contributed by atoms with van der Waals surface area (Å²) >= 11 is 9.08. The van der Waals surface area contributed by atoms with E-state index in [9.17, 15) is 8.42 Å². The predicted molar refractivity (Wildman–Crippen MR) is 73.4 cm³/mol. The van der Waals surface area contributed by atoms with E-state index < -0.39 is 10.0 Å². The van der Waals surface area contributed by atoms with Gasteiger partial charge in [-0.1, -0.05) is 15.9 Å². The molecular weight excluding hydrogens is 342 g/mol. The summed E-state index contributed by atoms with van der Waals surface area (Å²) in [6, 6.07) is 6.29. The first kappa shape index (κ1) is 14.3. The van der Waals surface area contributed by atoms with Crippen LogP contribution < -0.4 is 0 Å². The van der Waals surface area contributed by atoms with Gasteiger partial charge in [0.2, 0.25) is 10.0 Å². The highest BCUT2D eigenvalue weighted by Crippen LogP contribution is 2.22. The standard InChI is InChI=1S/C11H13BrClNO3S/c12-9-1-3-11(4-2-9)18(15,16)14-5-6-17-8-10(14)7-13/h1-4,10H,5-8H2. The normalized spacial score (nSPS) is 22.0. The largest absolute Gasteiger partial charge is 0.378 e. The second-order valence-electron chi connectivity index (χ2n) is 3.95. The molecule has 1 aliphatic heterocycles. The number of nitrogens with zero attached hydrogens (tertiary/aromatic N) is 1. The van der Waals surface area contributed by atoms with Crippen LogP contribution in [-0.2, 0) is 14.8 Å². The van der Waals surface area contributed by atoms with Crippen molar-refractivity contribution in [3.8, 4) is 0 Å². The third-order valence-corrected chi connectivity index (χ3v) is 5.62. The summed E-state index contributed by atoms with van der Waals surface area (Å²) in [6.45, 7) is 1.10. The maximum Gasteiger partial charge on any atom is 0.243 e. The molecule has 1 heterocycles. The number of ether oxygens (including phenoxy) is 1. The molecule has 0 N–H and O–H groups in total. The molecule has 1 aliphatic rings. The van der Waals surface area contributed by atoms with E-state index in [0.717, 1.165) is 4.47 Å². The number of hydrogen-bond donors (Lipinski definition) is 0. The Balaban J connectivity index is 2.32. The molecule has 7 heteroatoms. The second kappa shape index (κ2) is 5.88. The van der Waals surface area contributed by atoms with Gasteiger partial charge >= 0.3 is 0 Å². The van der Waals surface area contributed by atoms with Gasteiger partial charge < -0.3 is 4.74 Å². The van der Waals surface area contributed by atoms with Crippen molar-refractivity contribution in [2.24, 2.45) is 0 Å². The fourth-order valence-electron chi connectivity index (χ4n) is 1.82. The van der Waals surface area contributed by atoms with Gasteiger partial charge in [0, 0.05) is 16.9 Å². The minimum absolute atomic E-state index is 0.232. The third kappa shape index (κ3) is 2.88. The molecule has 0 spiro atoms. The molecule has 0 aromatic heterocycles. The number of hydrogen-bond acceptors (Lipinski definition) is 3. The van der Waals surface area contributed by atoms with Crippen molar-refractivity contribution in [1.82, 2.24) is 4.31 Å². The first-order valence-electron chi connectivity index (χ1n) is 5.47. The van der Waals surface area contributed by atoms with Crippen molar-refractivity contribution >= 4 is 37.6 Å². The zero-order chi connectivity index (χ0) is 13.2. The molecule has 1 aromatic carbocycles. The lowest BCUT2D eigenvalue weighted by Crippen LogP contribution is -2.49. The summed E-state index contributed by atoms with van der Waals surface area (Å²) in [4.78, 5) is 0.280. The average molecular weight is 355 g/mol. The smallest absolute Gasteiger partial charge is 0.243 e. The Morgan fingerprint density at radius 2 is 2.06 bits per heavy atom. The molecule has 0 amide bonds. The van der Waals surface area contributed by atoms with Crippen LogP contribution in [-0.4, -0.2) is 44.4 Å².